The molecule has 2 aliphatic heterocycles. The second kappa shape index (κ2) is 6.31. The number of H-pyrrole nitrogens is 1. The number of aromatic nitrogens is 2. The van der Waals surface area contributed by atoms with E-state index in [0.717, 1.165) is 16.6 Å². The van der Waals surface area contributed by atoms with Crippen molar-refractivity contribution in [3.05, 3.63) is 30.1 Å². The summed E-state index contributed by atoms with van der Waals surface area (Å²) in [6.45, 7) is 2.25. The monoisotopic (exact) mass is 354 g/mol. The van der Waals surface area contributed by atoms with E-state index >= 15 is 0 Å². The van der Waals surface area contributed by atoms with Gasteiger partial charge in [-0.2, -0.15) is 0 Å². The van der Waals surface area contributed by atoms with Gasteiger partial charge >= 0.3 is 6.09 Å². The van der Waals surface area contributed by atoms with Crippen molar-refractivity contribution in [1.29, 1.82) is 0 Å². The van der Waals surface area contributed by atoms with Crippen LogP contribution in [0.15, 0.2) is 24.5 Å². The molecule has 1 atom stereocenters. The highest BCUT2D eigenvalue weighted by Crippen LogP contribution is 2.42. The molecule has 0 aliphatic carbocycles. The minimum atomic E-state index is -0.874. The van der Waals surface area contributed by atoms with Crippen molar-refractivity contribution in [3.63, 3.8) is 0 Å². The summed E-state index contributed by atoms with van der Waals surface area (Å²) in [6, 6.07) is 5.95. The first-order valence-electron chi connectivity index (χ1n) is 8.82. The van der Waals surface area contributed by atoms with Crippen molar-refractivity contribution in [3.8, 4) is 12.3 Å². The summed E-state index contributed by atoms with van der Waals surface area (Å²) in [5.41, 5.74) is 1.73. The molecule has 1 aromatic carbocycles. The lowest BCUT2D eigenvalue weighted by molar-refractivity contribution is -0.197. The number of ether oxygens (including phenoxy) is 1. The van der Waals surface area contributed by atoms with E-state index in [1.54, 1.807) is 6.33 Å². The molecule has 0 bridgehead atoms. The molecule has 2 aromatic rings. The Morgan fingerprint density at radius 2 is 2.19 bits per heavy atom. The van der Waals surface area contributed by atoms with Crippen LogP contribution in [0.4, 0.5) is 4.79 Å². The fourth-order valence-corrected chi connectivity index (χ4v) is 4.22. The van der Waals surface area contributed by atoms with E-state index in [1.807, 2.05) is 18.2 Å². The Kier molecular flexibility index (Phi) is 4.10. The lowest BCUT2D eigenvalue weighted by Gasteiger charge is -2.51. The number of terminal acetylenes is 1. The lowest BCUT2D eigenvalue weighted by atomic mass is 9.82. The summed E-state index contributed by atoms with van der Waals surface area (Å²) in [5, 5.41) is 12.7. The molecule has 2 saturated heterocycles. The predicted molar refractivity (Wildman–Crippen MR) is 96.7 cm³/mol. The van der Waals surface area contributed by atoms with Gasteiger partial charge in [0.15, 0.2) is 0 Å². The summed E-state index contributed by atoms with van der Waals surface area (Å²) in [5.74, 6) is 2.78. The van der Waals surface area contributed by atoms with Gasteiger partial charge in [0.05, 0.1) is 23.0 Å². The van der Waals surface area contributed by atoms with Crippen LogP contribution in [-0.2, 0) is 10.3 Å². The Hall–Kier alpha value is -2.56. The highest BCUT2D eigenvalue weighted by Gasteiger charge is 2.48. The molecular weight excluding hydrogens is 332 g/mol. The molecule has 3 heterocycles. The van der Waals surface area contributed by atoms with Gasteiger partial charge in [0, 0.05) is 38.2 Å². The van der Waals surface area contributed by atoms with Gasteiger partial charge in [0.2, 0.25) is 0 Å². The molecule has 7 nitrogen and oxygen atoms in total. The third-order valence-electron chi connectivity index (χ3n) is 5.55. The number of rotatable bonds is 2. The molecule has 1 aromatic heterocycles. The molecule has 136 valence electrons. The number of benzene rings is 1. The topological polar surface area (TPSA) is 90.5 Å². The maximum absolute atomic E-state index is 11.2. The molecule has 7 heteroatoms. The number of carboxylic acid groups (broad SMARTS) is 1. The molecule has 2 aliphatic rings. The first kappa shape index (κ1) is 16.9. The Morgan fingerprint density at radius 3 is 2.92 bits per heavy atom. The number of nitrogens with one attached hydrogen (secondary N) is 2. The summed E-state index contributed by atoms with van der Waals surface area (Å²) in [6.07, 6.45) is 8.25. The molecule has 4 rings (SSSR count). The third kappa shape index (κ3) is 2.71. The van der Waals surface area contributed by atoms with E-state index in [1.165, 1.54) is 4.90 Å². The van der Waals surface area contributed by atoms with Crippen molar-refractivity contribution >= 4 is 17.1 Å². The Labute approximate surface area is 151 Å². The zero-order valence-corrected chi connectivity index (χ0v) is 14.5. The van der Waals surface area contributed by atoms with Gasteiger partial charge in [0.25, 0.3) is 0 Å². The van der Waals surface area contributed by atoms with Crippen LogP contribution in [0.3, 0.4) is 0 Å². The number of amides is 1. The van der Waals surface area contributed by atoms with Crippen LogP contribution in [-0.4, -0.2) is 57.8 Å². The second-order valence-corrected chi connectivity index (χ2v) is 7.14. The Morgan fingerprint density at radius 1 is 1.38 bits per heavy atom. The fraction of sp³-hybridized carbons (Fsp3) is 0.474. The van der Waals surface area contributed by atoms with E-state index in [4.69, 9.17) is 11.2 Å². The Bertz CT molecular complexity index is 863. The van der Waals surface area contributed by atoms with E-state index in [2.05, 4.69) is 21.2 Å². The first-order chi connectivity index (χ1) is 12.6. The van der Waals surface area contributed by atoms with Crippen molar-refractivity contribution in [2.24, 2.45) is 0 Å². The van der Waals surface area contributed by atoms with Crippen LogP contribution in [0, 0.1) is 12.3 Å². The van der Waals surface area contributed by atoms with Gasteiger partial charge in [-0.25, -0.2) is 9.78 Å². The summed E-state index contributed by atoms with van der Waals surface area (Å²) in [7, 11) is 0. The number of hydrogen-bond acceptors (Lipinski definition) is 4. The molecule has 1 unspecified atom stereocenters. The number of piperidine rings is 1. The van der Waals surface area contributed by atoms with Crippen LogP contribution < -0.4 is 5.32 Å². The van der Waals surface area contributed by atoms with Gasteiger partial charge in [-0.1, -0.05) is 12.1 Å². The molecule has 0 radical (unpaired) electrons. The van der Waals surface area contributed by atoms with E-state index in [0.29, 0.717) is 45.4 Å². The Balaban J connectivity index is 1.69. The molecule has 2 fully saturated rings. The minimum Gasteiger partial charge on any atom is -0.465 e. The number of hydrogen-bond donors (Lipinski definition) is 3. The molecule has 0 saturated carbocycles. The summed E-state index contributed by atoms with van der Waals surface area (Å²) >= 11 is 0. The zero-order valence-electron chi connectivity index (χ0n) is 14.5. The normalized spacial score (nSPS) is 25.3. The highest BCUT2D eigenvalue weighted by atomic mass is 16.5. The maximum atomic E-state index is 11.2. The van der Waals surface area contributed by atoms with Crippen LogP contribution in [0.2, 0.25) is 0 Å². The first-order valence-corrected chi connectivity index (χ1v) is 8.82. The summed E-state index contributed by atoms with van der Waals surface area (Å²) in [4.78, 5) is 20.2. The van der Waals surface area contributed by atoms with Crippen LogP contribution in [0.5, 0.6) is 0 Å². The number of para-hydroxylation sites is 1. The van der Waals surface area contributed by atoms with Gasteiger partial charge < -0.3 is 25.0 Å². The van der Waals surface area contributed by atoms with Crippen LogP contribution in [0.1, 0.15) is 24.8 Å². The standard InChI is InChI=1S/C19H22N4O3/c1-2-6-19(14-4-3-5-15-16(14)22-13-21-15)12-20-11-18(26-19)7-9-23(10-8-18)17(24)25/h1,3-5,13,20H,6-12H2,(H,21,22)(H,24,25). The number of morpholine rings is 1. The molecule has 3 N–H and O–H groups in total. The SMILES string of the molecule is C#CCC1(c2cccc3nc[nH]c23)CNCC2(CCN(C(=O)O)CC2)O1. The quantitative estimate of drug-likeness (QED) is 0.717. The number of likely N-dealkylation sites (tertiary alicyclic amines) is 1. The number of aromatic amines is 1. The smallest absolute Gasteiger partial charge is 0.407 e. The number of nitrogens with zero attached hydrogens (tertiary/aromatic N) is 2. The lowest BCUT2D eigenvalue weighted by Crippen LogP contribution is -2.62. The van der Waals surface area contributed by atoms with Crippen molar-refractivity contribution in [1.82, 2.24) is 20.2 Å². The van der Waals surface area contributed by atoms with Crippen molar-refractivity contribution in [2.45, 2.75) is 30.5 Å². The van der Waals surface area contributed by atoms with Gasteiger partial charge in [-0.3, -0.25) is 0 Å². The molecule has 1 amide bonds. The maximum Gasteiger partial charge on any atom is 0.407 e. The minimum absolute atomic E-state index is 0.413. The second-order valence-electron chi connectivity index (χ2n) is 7.14. The molecular formula is C19H22N4O3. The van der Waals surface area contributed by atoms with Crippen LogP contribution in [0.25, 0.3) is 11.0 Å². The van der Waals surface area contributed by atoms with Gasteiger partial charge in [0.1, 0.15) is 5.60 Å². The fourth-order valence-electron chi connectivity index (χ4n) is 4.22. The zero-order chi connectivity index (χ0) is 18.2. The largest absolute Gasteiger partial charge is 0.465 e. The highest BCUT2D eigenvalue weighted by molar-refractivity contribution is 5.79. The van der Waals surface area contributed by atoms with E-state index in [-0.39, 0.29) is 0 Å². The van der Waals surface area contributed by atoms with Crippen molar-refractivity contribution < 1.29 is 14.6 Å². The average molecular weight is 354 g/mol. The average Bonchev–Trinajstić information content (AvgIpc) is 3.11. The third-order valence-corrected chi connectivity index (χ3v) is 5.55. The number of fused-ring (bicyclic) bond motifs is 1. The van der Waals surface area contributed by atoms with Crippen LogP contribution >= 0.6 is 0 Å². The molecule has 26 heavy (non-hydrogen) atoms. The number of carbonyl (C=O) groups is 1. The molecule has 1 spiro atoms. The van der Waals surface area contributed by atoms with Gasteiger partial charge in [-0.05, 0) is 18.9 Å². The summed E-state index contributed by atoms with van der Waals surface area (Å²) < 4.78 is 6.76. The number of imidazole rings is 1. The predicted octanol–water partition coefficient (Wildman–Crippen LogP) is 1.91. The van der Waals surface area contributed by atoms with E-state index < -0.39 is 17.3 Å². The van der Waals surface area contributed by atoms with E-state index in [9.17, 15) is 9.90 Å². The van der Waals surface area contributed by atoms with Gasteiger partial charge in [-0.15, -0.1) is 12.3 Å². The van der Waals surface area contributed by atoms with Crippen molar-refractivity contribution in [2.75, 3.05) is 26.2 Å².